The lowest BCUT2D eigenvalue weighted by atomic mass is 10.1. The quantitative estimate of drug-likeness (QED) is 0.611. The molecule has 3 rings (SSSR count). The smallest absolute Gasteiger partial charge is 0.334 e. The minimum atomic E-state index is -0.232. The number of hydrogen-bond donors (Lipinski definition) is 0. The van der Waals surface area contributed by atoms with Gasteiger partial charge in [-0.05, 0) is 23.3 Å². The van der Waals surface area contributed by atoms with Gasteiger partial charge in [0.2, 0.25) is 0 Å². The fraction of sp³-hybridized carbons (Fsp3) is 0.250. The van der Waals surface area contributed by atoms with Crippen LogP contribution in [0.25, 0.3) is 12.2 Å². The third-order valence-electron chi connectivity index (χ3n) is 3.35. The van der Waals surface area contributed by atoms with Crippen molar-refractivity contribution in [1.82, 2.24) is 0 Å². The van der Waals surface area contributed by atoms with E-state index >= 15 is 0 Å². The Morgan fingerprint density at radius 3 is 1.45 bits per heavy atom. The fourth-order valence-electron chi connectivity index (χ4n) is 2.25. The van der Waals surface area contributed by atoms with Gasteiger partial charge in [-0.2, -0.15) is 0 Å². The van der Waals surface area contributed by atoms with Crippen LogP contribution >= 0.6 is 0 Å². The summed E-state index contributed by atoms with van der Waals surface area (Å²) in [4.78, 5) is 22.7. The molecule has 0 bridgehead atoms. The van der Waals surface area contributed by atoms with Crippen molar-refractivity contribution in [3.63, 3.8) is 0 Å². The Balaban J connectivity index is 1.78. The first-order valence-corrected chi connectivity index (χ1v) is 6.58. The molecule has 0 saturated carbocycles. The van der Waals surface area contributed by atoms with Crippen molar-refractivity contribution < 1.29 is 19.1 Å². The summed E-state index contributed by atoms with van der Waals surface area (Å²) >= 11 is 0. The molecule has 4 heteroatoms. The van der Waals surface area contributed by atoms with Crippen LogP contribution in [0.5, 0.6) is 0 Å². The number of esters is 2. The summed E-state index contributed by atoms with van der Waals surface area (Å²) < 4.78 is 9.79. The van der Waals surface area contributed by atoms with Crippen LogP contribution in [-0.4, -0.2) is 25.2 Å². The highest BCUT2D eigenvalue weighted by molar-refractivity contribution is 5.96. The minimum Gasteiger partial charge on any atom is -0.462 e. The van der Waals surface area contributed by atoms with Crippen molar-refractivity contribution in [3.8, 4) is 0 Å². The number of carbonyl (C=O) groups is 2. The van der Waals surface area contributed by atoms with Crippen LogP contribution in [0.1, 0.15) is 24.0 Å². The zero-order chi connectivity index (χ0) is 13.9. The van der Waals surface area contributed by atoms with Gasteiger partial charge in [-0.3, -0.25) is 0 Å². The monoisotopic (exact) mass is 270 g/mol. The Morgan fingerprint density at radius 2 is 1.15 bits per heavy atom. The number of ether oxygens (including phenoxy) is 2. The summed E-state index contributed by atoms with van der Waals surface area (Å²) in [6.45, 7) is 0.938. The summed E-state index contributed by atoms with van der Waals surface area (Å²) in [6.07, 6.45) is 5.01. The normalized spacial score (nSPS) is 22.4. The van der Waals surface area contributed by atoms with Crippen LogP contribution in [0.15, 0.2) is 35.4 Å². The maximum absolute atomic E-state index is 11.4. The second-order valence-electron chi connectivity index (χ2n) is 4.78. The van der Waals surface area contributed by atoms with Gasteiger partial charge >= 0.3 is 11.9 Å². The molecule has 0 N–H and O–H groups in total. The van der Waals surface area contributed by atoms with Gasteiger partial charge in [-0.25, -0.2) is 9.59 Å². The first-order chi connectivity index (χ1) is 9.72. The molecule has 2 aliphatic heterocycles. The second-order valence-corrected chi connectivity index (χ2v) is 4.78. The highest BCUT2D eigenvalue weighted by Gasteiger charge is 2.19. The second kappa shape index (κ2) is 5.33. The van der Waals surface area contributed by atoms with Crippen LogP contribution in [0.4, 0.5) is 0 Å². The molecule has 0 amide bonds. The van der Waals surface area contributed by atoms with E-state index in [0.717, 1.165) is 11.1 Å². The van der Waals surface area contributed by atoms with E-state index in [-0.39, 0.29) is 11.9 Å². The number of carbonyl (C=O) groups excluding carboxylic acids is 2. The van der Waals surface area contributed by atoms with E-state index in [0.29, 0.717) is 37.2 Å². The van der Waals surface area contributed by atoms with Crippen molar-refractivity contribution in [2.45, 2.75) is 12.8 Å². The van der Waals surface area contributed by atoms with Crippen molar-refractivity contribution in [1.29, 1.82) is 0 Å². The Kier molecular flexibility index (Phi) is 3.37. The Morgan fingerprint density at radius 1 is 0.750 bits per heavy atom. The van der Waals surface area contributed by atoms with E-state index in [9.17, 15) is 9.59 Å². The Bertz CT molecular complexity index is 553. The number of cyclic esters (lactones) is 2. The van der Waals surface area contributed by atoms with Gasteiger partial charge in [-0.15, -0.1) is 0 Å². The lowest BCUT2D eigenvalue weighted by molar-refractivity contribution is -0.135. The Labute approximate surface area is 116 Å². The number of rotatable bonds is 2. The van der Waals surface area contributed by atoms with E-state index in [1.165, 1.54) is 0 Å². The zero-order valence-electron chi connectivity index (χ0n) is 10.9. The van der Waals surface area contributed by atoms with Gasteiger partial charge in [0, 0.05) is 24.0 Å². The van der Waals surface area contributed by atoms with Crippen molar-refractivity contribution >= 4 is 24.1 Å². The highest BCUT2D eigenvalue weighted by atomic mass is 16.5. The molecule has 2 fully saturated rings. The number of benzene rings is 1. The molecule has 0 aliphatic carbocycles. The molecule has 20 heavy (non-hydrogen) atoms. The van der Waals surface area contributed by atoms with Gasteiger partial charge in [0.15, 0.2) is 0 Å². The van der Waals surface area contributed by atoms with Crippen molar-refractivity contribution in [2.24, 2.45) is 0 Å². The zero-order valence-corrected chi connectivity index (χ0v) is 10.9. The molecule has 1 aromatic rings. The van der Waals surface area contributed by atoms with Gasteiger partial charge in [0.1, 0.15) is 0 Å². The standard InChI is InChI=1S/C16H14O4/c17-15-13(5-7-19-15)9-11-1-2-12(4-3-11)10-14-6-8-20-16(14)18/h1-4,9-10H,5-8H2/b13-9+,14-10+. The van der Waals surface area contributed by atoms with Crippen LogP contribution in [0.3, 0.4) is 0 Å². The lowest BCUT2D eigenvalue weighted by Gasteiger charge is -1.98. The van der Waals surface area contributed by atoms with Gasteiger partial charge in [-0.1, -0.05) is 24.3 Å². The Hall–Kier alpha value is -2.36. The van der Waals surface area contributed by atoms with Crippen molar-refractivity contribution in [3.05, 3.63) is 46.5 Å². The number of hydrogen-bond acceptors (Lipinski definition) is 4. The van der Waals surface area contributed by atoms with E-state index in [1.54, 1.807) is 0 Å². The molecule has 2 saturated heterocycles. The maximum atomic E-state index is 11.4. The summed E-state index contributed by atoms with van der Waals surface area (Å²) in [5.74, 6) is -0.463. The van der Waals surface area contributed by atoms with Crippen LogP contribution in [0.2, 0.25) is 0 Å². The first kappa shape index (κ1) is 12.7. The van der Waals surface area contributed by atoms with Crippen LogP contribution in [-0.2, 0) is 19.1 Å². The molecular formula is C16H14O4. The third kappa shape index (κ3) is 2.64. The van der Waals surface area contributed by atoms with Crippen molar-refractivity contribution in [2.75, 3.05) is 13.2 Å². The van der Waals surface area contributed by atoms with E-state index in [2.05, 4.69) is 0 Å². The molecule has 0 atom stereocenters. The summed E-state index contributed by atoms with van der Waals surface area (Å²) in [5.41, 5.74) is 3.32. The molecule has 2 heterocycles. The first-order valence-electron chi connectivity index (χ1n) is 6.58. The molecule has 2 aliphatic rings. The van der Waals surface area contributed by atoms with Gasteiger partial charge in [0.05, 0.1) is 13.2 Å². The van der Waals surface area contributed by atoms with Gasteiger partial charge < -0.3 is 9.47 Å². The topological polar surface area (TPSA) is 52.6 Å². The van der Waals surface area contributed by atoms with Gasteiger partial charge in [0.25, 0.3) is 0 Å². The van der Waals surface area contributed by atoms with E-state index in [1.807, 2.05) is 36.4 Å². The third-order valence-corrected chi connectivity index (χ3v) is 3.35. The largest absolute Gasteiger partial charge is 0.462 e. The molecule has 0 aromatic heterocycles. The summed E-state index contributed by atoms with van der Waals surface area (Å²) in [6, 6.07) is 7.69. The van der Waals surface area contributed by atoms with E-state index in [4.69, 9.17) is 9.47 Å². The average molecular weight is 270 g/mol. The maximum Gasteiger partial charge on any atom is 0.334 e. The molecule has 0 spiro atoms. The predicted molar refractivity (Wildman–Crippen MR) is 73.5 cm³/mol. The fourth-order valence-corrected chi connectivity index (χ4v) is 2.25. The molecule has 0 radical (unpaired) electrons. The summed E-state index contributed by atoms with van der Waals surface area (Å²) in [7, 11) is 0. The molecule has 0 unspecified atom stereocenters. The lowest BCUT2D eigenvalue weighted by Crippen LogP contribution is -1.94. The van der Waals surface area contributed by atoms with Crippen LogP contribution in [0, 0.1) is 0 Å². The van der Waals surface area contributed by atoms with Crippen LogP contribution < -0.4 is 0 Å². The highest BCUT2D eigenvalue weighted by Crippen LogP contribution is 2.20. The molecule has 102 valence electrons. The van der Waals surface area contributed by atoms with E-state index < -0.39 is 0 Å². The molecular weight excluding hydrogens is 256 g/mol. The SMILES string of the molecule is O=C1OCC/C1=C\c1ccc(/C=C2\CCOC2=O)cc1. The molecule has 1 aromatic carbocycles. The molecule has 4 nitrogen and oxygen atoms in total. The average Bonchev–Trinajstić information content (AvgIpc) is 3.02. The minimum absolute atomic E-state index is 0.232. The predicted octanol–water partition coefficient (Wildman–Crippen LogP) is 2.35. The summed E-state index contributed by atoms with van der Waals surface area (Å²) in [5, 5.41) is 0.